The Morgan fingerprint density at radius 1 is 1.32 bits per heavy atom. The van der Waals surface area contributed by atoms with Gasteiger partial charge in [0, 0.05) is 12.2 Å². The zero-order valence-electron chi connectivity index (χ0n) is 12.7. The standard InChI is InChI=1S/C17H28N2/c1-17(2,3)15-9-11-19(13-15)10-5-7-14-6-4-8-16(18)12-14/h4,6,8,12,15H,5,7,9-11,13,18H2,1-3H3. The van der Waals surface area contributed by atoms with Crippen LogP contribution >= 0.6 is 0 Å². The average Bonchev–Trinajstić information content (AvgIpc) is 2.77. The van der Waals surface area contributed by atoms with E-state index in [1.807, 2.05) is 6.07 Å². The second kappa shape index (κ2) is 5.96. The smallest absolute Gasteiger partial charge is 0.0316 e. The maximum Gasteiger partial charge on any atom is 0.0316 e. The van der Waals surface area contributed by atoms with E-state index < -0.39 is 0 Å². The summed E-state index contributed by atoms with van der Waals surface area (Å²) >= 11 is 0. The molecule has 1 aliphatic heterocycles. The molecule has 0 saturated carbocycles. The molecule has 1 unspecified atom stereocenters. The van der Waals surface area contributed by atoms with Crippen molar-refractivity contribution in [2.45, 2.75) is 40.0 Å². The second-order valence-corrected chi connectivity index (χ2v) is 7.00. The van der Waals surface area contributed by atoms with Crippen LogP contribution in [0.1, 0.15) is 39.2 Å². The van der Waals surface area contributed by atoms with Crippen LogP contribution in [0.25, 0.3) is 0 Å². The van der Waals surface area contributed by atoms with Crippen molar-refractivity contribution in [1.29, 1.82) is 0 Å². The van der Waals surface area contributed by atoms with Crippen molar-refractivity contribution < 1.29 is 0 Å². The van der Waals surface area contributed by atoms with Crippen molar-refractivity contribution in [3.05, 3.63) is 29.8 Å². The lowest BCUT2D eigenvalue weighted by atomic mass is 9.80. The Labute approximate surface area is 118 Å². The number of nitrogens with two attached hydrogens (primary N) is 1. The molecule has 1 atom stereocenters. The summed E-state index contributed by atoms with van der Waals surface area (Å²) < 4.78 is 0. The van der Waals surface area contributed by atoms with Gasteiger partial charge in [-0.25, -0.2) is 0 Å². The van der Waals surface area contributed by atoms with Gasteiger partial charge < -0.3 is 10.6 Å². The number of nitrogens with zero attached hydrogens (tertiary/aromatic N) is 1. The van der Waals surface area contributed by atoms with Gasteiger partial charge in [0.25, 0.3) is 0 Å². The van der Waals surface area contributed by atoms with Crippen molar-refractivity contribution in [2.24, 2.45) is 11.3 Å². The molecule has 0 amide bonds. The lowest BCUT2D eigenvalue weighted by molar-refractivity contribution is 0.228. The molecule has 1 heterocycles. The van der Waals surface area contributed by atoms with Crippen LogP contribution in [0.15, 0.2) is 24.3 Å². The molecule has 19 heavy (non-hydrogen) atoms. The maximum absolute atomic E-state index is 5.81. The minimum atomic E-state index is 0.461. The molecule has 1 aromatic carbocycles. The number of anilines is 1. The maximum atomic E-state index is 5.81. The van der Waals surface area contributed by atoms with E-state index in [4.69, 9.17) is 5.73 Å². The van der Waals surface area contributed by atoms with Gasteiger partial charge in [-0.2, -0.15) is 0 Å². The molecule has 1 aromatic rings. The van der Waals surface area contributed by atoms with Gasteiger partial charge in [0.1, 0.15) is 0 Å². The van der Waals surface area contributed by atoms with Crippen molar-refractivity contribution in [1.82, 2.24) is 4.90 Å². The fraction of sp³-hybridized carbons (Fsp3) is 0.647. The molecule has 2 N–H and O–H groups in total. The number of benzene rings is 1. The minimum Gasteiger partial charge on any atom is -0.399 e. The normalized spacial score (nSPS) is 20.9. The molecular formula is C17H28N2. The second-order valence-electron chi connectivity index (χ2n) is 7.00. The lowest BCUT2D eigenvalue weighted by Crippen LogP contribution is -2.26. The summed E-state index contributed by atoms with van der Waals surface area (Å²) in [5.41, 5.74) is 8.52. The van der Waals surface area contributed by atoms with Crippen LogP contribution in [-0.4, -0.2) is 24.5 Å². The predicted molar refractivity (Wildman–Crippen MR) is 83.2 cm³/mol. The van der Waals surface area contributed by atoms with E-state index in [0.717, 1.165) is 18.0 Å². The van der Waals surface area contributed by atoms with Crippen LogP contribution in [-0.2, 0) is 6.42 Å². The van der Waals surface area contributed by atoms with Gasteiger partial charge in [0.05, 0.1) is 0 Å². The van der Waals surface area contributed by atoms with E-state index in [1.54, 1.807) is 0 Å². The summed E-state index contributed by atoms with van der Waals surface area (Å²) in [4.78, 5) is 2.63. The fourth-order valence-corrected chi connectivity index (χ4v) is 3.00. The van der Waals surface area contributed by atoms with Crippen LogP contribution in [0, 0.1) is 11.3 Å². The molecule has 2 heteroatoms. The Hall–Kier alpha value is -1.02. The summed E-state index contributed by atoms with van der Waals surface area (Å²) in [7, 11) is 0. The van der Waals surface area contributed by atoms with E-state index in [1.165, 1.54) is 38.0 Å². The summed E-state index contributed by atoms with van der Waals surface area (Å²) in [6.45, 7) is 10.9. The van der Waals surface area contributed by atoms with Gasteiger partial charge in [-0.1, -0.05) is 32.9 Å². The topological polar surface area (TPSA) is 29.3 Å². The van der Waals surface area contributed by atoms with E-state index in [0.29, 0.717) is 5.41 Å². The quantitative estimate of drug-likeness (QED) is 0.839. The first-order valence-corrected chi connectivity index (χ1v) is 7.52. The first kappa shape index (κ1) is 14.4. The van der Waals surface area contributed by atoms with Gasteiger partial charge in [-0.15, -0.1) is 0 Å². The van der Waals surface area contributed by atoms with Crippen LogP contribution in [0.2, 0.25) is 0 Å². The Morgan fingerprint density at radius 3 is 2.74 bits per heavy atom. The van der Waals surface area contributed by atoms with Crippen LogP contribution in [0.5, 0.6) is 0 Å². The number of likely N-dealkylation sites (tertiary alicyclic amines) is 1. The number of hydrogen-bond acceptors (Lipinski definition) is 2. The highest BCUT2D eigenvalue weighted by Gasteiger charge is 2.31. The van der Waals surface area contributed by atoms with Crippen molar-refractivity contribution in [3.63, 3.8) is 0 Å². The highest BCUT2D eigenvalue weighted by atomic mass is 15.1. The summed E-state index contributed by atoms with van der Waals surface area (Å²) in [6.07, 6.45) is 3.74. The van der Waals surface area contributed by atoms with Crippen LogP contribution in [0.3, 0.4) is 0 Å². The van der Waals surface area contributed by atoms with E-state index in [-0.39, 0.29) is 0 Å². The molecule has 0 radical (unpaired) electrons. The number of rotatable bonds is 4. The minimum absolute atomic E-state index is 0.461. The first-order chi connectivity index (χ1) is 8.95. The molecule has 106 valence electrons. The zero-order chi connectivity index (χ0) is 13.9. The third-order valence-electron chi connectivity index (χ3n) is 4.39. The van der Waals surface area contributed by atoms with Gasteiger partial charge in [-0.05, 0) is 61.4 Å². The van der Waals surface area contributed by atoms with Gasteiger partial charge >= 0.3 is 0 Å². The number of nitrogen functional groups attached to an aromatic ring is 1. The molecule has 0 aliphatic carbocycles. The molecule has 0 aromatic heterocycles. The zero-order valence-corrected chi connectivity index (χ0v) is 12.7. The number of hydrogen-bond donors (Lipinski definition) is 1. The third-order valence-corrected chi connectivity index (χ3v) is 4.39. The van der Waals surface area contributed by atoms with E-state index in [9.17, 15) is 0 Å². The third kappa shape index (κ3) is 4.24. The van der Waals surface area contributed by atoms with Gasteiger partial charge in [-0.3, -0.25) is 0 Å². The van der Waals surface area contributed by atoms with Gasteiger partial charge in [0.2, 0.25) is 0 Å². The molecule has 1 saturated heterocycles. The van der Waals surface area contributed by atoms with Crippen molar-refractivity contribution in [3.8, 4) is 0 Å². The Morgan fingerprint density at radius 2 is 2.11 bits per heavy atom. The molecule has 0 spiro atoms. The summed E-state index contributed by atoms with van der Waals surface area (Å²) in [6, 6.07) is 8.29. The van der Waals surface area contributed by atoms with E-state index >= 15 is 0 Å². The molecule has 2 nitrogen and oxygen atoms in total. The molecule has 1 aliphatic rings. The highest BCUT2D eigenvalue weighted by Crippen LogP contribution is 2.33. The fourth-order valence-electron chi connectivity index (χ4n) is 3.00. The van der Waals surface area contributed by atoms with Crippen LogP contribution < -0.4 is 5.73 Å². The molecule has 0 bridgehead atoms. The molecule has 2 rings (SSSR count). The molecular weight excluding hydrogens is 232 g/mol. The van der Waals surface area contributed by atoms with Crippen molar-refractivity contribution >= 4 is 5.69 Å². The van der Waals surface area contributed by atoms with Gasteiger partial charge in [0.15, 0.2) is 0 Å². The van der Waals surface area contributed by atoms with Crippen molar-refractivity contribution in [2.75, 3.05) is 25.4 Å². The Bertz CT molecular complexity index is 406. The van der Waals surface area contributed by atoms with E-state index in [2.05, 4.69) is 43.9 Å². The number of aryl methyl sites for hydroxylation is 1. The predicted octanol–water partition coefficient (Wildman–Crippen LogP) is 3.57. The highest BCUT2D eigenvalue weighted by molar-refractivity contribution is 5.40. The molecule has 1 fully saturated rings. The average molecular weight is 260 g/mol. The lowest BCUT2D eigenvalue weighted by Gasteiger charge is -2.27. The summed E-state index contributed by atoms with van der Waals surface area (Å²) in [5.74, 6) is 0.861. The first-order valence-electron chi connectivity index (χ1n) is 7.52. The summed E-state index contributed by atoms with van der Waals surface area (Å²) in [5, 5.41) is 0. The van der Waals surface area contributed by atoms with Crippen LogP contribution in [0.4, 0.5) is 5.69 Å². The Balaban J connectivity index is 1.73. The Kier molecular flexibility index (Phi) is 4.51. The SMILES string of the molecule is CC(C)(C)C1CCN(CCCc2cccc(N)c2)C1. The monoisotopic (exact) mass is 260 g/mol. The largest absolute Gasteiger partial charge is 0.399 e.